The van der Waals surface area contributed by atoms with Crippen molar-refractivity contribution >= 4 is 21.9 Å². The minimum atomic E-state index is 0.671. The Morgan fingerprint density at radius 3 is 2.81 bits per heavy atom. The van der Waals surface area contributed by atoms with Crippen LogP contribution in [-0.2, 0) is 6.54 Å². The molecule has 0 amide bonds. The van der Waals surface area contributed by atoms with Gasteiger partial charge in [-0.05, 0) is 12.1 Å². The van der Waals surface area contributed by atoms with Crippen LogP contribution in [0.1, 0.15) is 5.56 Å². The van der Waals surface area contributed by atoms with Crippen LogP contribution in [0.15, 0.2) is 27.7 Å². The highest BCUT2D eigenvalue weighted by Gasteiger charge is 2.03. The zero-order valence-corrected chi connectivity index (χ0v) is 11.3. The van der Waals surface area contributed by atoms with Gasteiger partial charge >= 0.3 is 0 Å². The molecule has 0 heterocycles. The second-order valence-corrected chi connectivity index (χ2v) is 4.05. The summed E-state index contributed by atoms with van der Waals surface area (Å²) in [7, 11) is 5.23. The molecule has 1 rings (SSSR count). The molecule has 0 bridgehead atoms. The number of nitrogens with one attached hydrogen (secondary N) is 2. The zero-order valence-electron chi connectivity index (χ0n) is 9.67. The molecule has 2 N–H and O–H groups in total. The lowest BCUT2D eigenvalue weighted by atomic mass is 10.2. The van der Waals surface area contributed by atoms with Gasteiger partial charge in [-0.2, -0.15) is 0 Å². The summed E-state index contributed by atoms with van der Waals surface area (Å²) in [5.74, 6) is 1.61. The van der Waals surface area contributed by atoms with Gasteiger partial charge in [-0.3, -0.25) is 4.99 Å². The average Bonchev–Trinajstić information content (AvgIpc) is 2.31. The van der Waals surface area contributed by atoms with Crippen molar-refractivity contribution in [3.05, 3.63) is 28.2 Å². The number of hydrogen-bond acceptors (Lipinski definition) is 2. The Bertz CT molecular complexity index is 379. The molecule has 0 aliphatic rings. The number of benzene rings is 1. The van der Waals surface area contributed by atoms with Crippen LogP contribution < -0.4 is 15.4 Å². The number of ether oxygens (including phenoxy) is 1. The Labute approximate surface area is 104 Å². The van der Waals surface area contributed by atoms with E-state index in [2.05, 4.69) is 31.6 Å². The van der Waals surface area contributed by atoms with Crippen molar-refractivity contribution in [2.24, 2.45) is 4.99 Å². The first-order valence-corrected chi connectivity index (χ1v) is 5.71. The first kappa shape index (κ1) is 12.8. The number of aliphatic imine (C=N–C) groups is 1. The van der Waals surface area contributed by atoms with Crippen molar-refractivity contribution in [2.75, 3.05) is 21.2 Å². The first-order valence-electron chi connectivity index (χ1n) is 4.92. The molecule has 0 fully saturated rings. The second kappa shape index (κ2) is 6.37. The van der Waals surface area contributed by atoms with Crippen LogP contribution in [0, 0.1) is 0 Å². The maximum atomic E-state index is 5.30. The Morgan fingerprint density at radius 2 is 2.25 bits per heavy atom. The molecule has 0 saturated carbocycles. The van der Waals surface area contributed by atoms with Crippen LogP contribution in [0.25, 0.3) is 0 Å². The van der Waals surface area contributed by atoms with E-state index in [4.69, 9.17) is 4.74 Å². The van der Waals surface area contributed by atoms with E-state index in [1.54, 1.807) is 14.2 Å². The quantitative estimate of drug-likeness (QED) is 0.657. The third-order valence-electron chi connectivity index (χ3n) is 2.16. The number of rotatable bonds is 3. The molecular weight excluding hydrogens is 270 g/mol. The standard InChI is InChI=1S/C11H16BrN3O/c1-13-11(14-2)15-7-8-4-5-9(12)6-10(8)16-3/h4-6H,7H2,1-3H3,(H2,13,14,15). The summed E-state index contributed by atoms with van der Waals surface area (Å²) < 4.78 is 6.30. The van der Waals surface area contributed by atoms with E-state index in [-0.39, 0.29) is 0 Å². The maximum absolute atomic E-state index is 5.30. The van der Waals surface area contributed by atoms with Crippen molar-refractivity contribution in [1.29, 1.82) is 0 Å². The molecule has 88 valence electrons. The molecule has 0 aliphatic heterocycles. The molecule has 0 atom stereocenters. The van der Waals surface area contributed by atoms with Gasteiger partial charge in [0.15, 0.2) is 5.96 Å². The SMILES string of the molecule is CN=C(NC)NCc1ccc(Br)cc1OC. The summed E-state index contributed by atoms with van der Waals surface area (Å²) in [6.07, 6.45) is 0. The first-order chi connectivity index (χ1) is 7.71. The summed E-state index contributed by atoms with van der Waals surface area (Å²) in [6, 6.07) is 5.94. The fourth-order valence-electron chi connectivity index (χ4n) is 1.32. The lowest BCUT2D eigenvalue weighted by Gasteiger charge is -2.11. The van der Waals surface area contributed by atoms with Gasteiger partial charge in [-0.15, -0.1) is 0 Å². The molecule has 4 nitrogen and oxygen atoms in total. The van der Waals surface area contributed by atoms with E-state index in [1.165, 1.54) is 0 Å². The molecule has 1 aromatic rings. The summed E-state index contributed by atoms with van der Waals surface area (Å²) >= 11 is 3.41. The van der Waals surface area contributed by atoms with Crippen LogP contribution in [-0.4, -0.2) is 27.2 Å². The van der Waals surface area contributed by atoms with Crippen molar-refractivity contribution in [1.82, 2.24) is 10.6 Å². The lowest BCUT2D eigenvalue weighted by Crippen LogP contribution is -2.34. The van der Waals surface area contributed by atoms with Crippen molar-refractivity contribution in [3.8, 4) is 5.75 Å². The number of methoxy groups -OCH3 is 1. The van der Waals surface area contributed by atoms with Crippen LogP contribution in [0.5, 0.6) is 5.75 Å². The molecular formula is C11H16BrN3O. The number of halogens is 1. The Balaban J connectivity index is 2.73. The van der Waals surface area contributed by atoms with Crippen molar-refractivity contribution < 1.29 is 4.74 Å². The van der Waals surface area contributed by atoms with Gasteiger partial charge in [0, 0.05) is 30.7 Å². The van der Waals surface area contributed by atoms with E-state index < -0.39 is 0 Å². The average molecular weight is 286 g/mol. The Morgan fingerprint density at radius 1 is 1.50 bits per heavy atom. The number of nitrogens with zero attached hydrogens (tertiary/aromatic N) is 1. The van der Waals surface area contributed by atoms with Crippen LogP contribution in [0.2, 0.25) is 0 Å². The van der Waals surface area contributed by atoms with Crippen LogP contribution >= 0.6 is 15.9 Å². The highest BCUT2D eigenvalue weighted by molar-refractivity contribution is 9.10. The van der Waals surface area contributed by atoms with Crippen LogP contribution in [0.3, 0.4) is 0 Å². The smallest absolute Gasteiger partial charge is 0.190 e. The van der Waals surface area contributed by atoms with E-state index in [9.17, 15) is 0 Å². The minimum Gasteiger partial charge on any atom is -0.496 e. The molecule has 0 aliphatic carbocycles. The fraction of sp³-hybridized carbons (Fsp3) is 0.364. The monoisotopic (exact) mass is 285 g/mol. The molecule has 16 heavy (non-hydrogen) atoms. The van der Waals surface area contributed by atoms with E-state index in [0.29, 0.717) is 6.54 Å². The highest BCUT2D eigenvalue weighted by atomic mass is 79.9. The van der Waals surface area contributed by atoms with Gasteiger partial charge in [0.25, 0.3) is 0 Å². The van der Waals surface area contributed by atoms with E-state index in [1.807, 2.05) is 25.2 Å². The summed E-state index contributed by atoms with van der Waals surface area (Å²) in [4.78, 5) is 4.04. The van der Waals surface area contributed by atoms with Crippen molar-refractivity contribution in [2.45, 2.75) is 6.54 Å². The fourth-order valence-corrected chi connectivity index (χ4v) is 1.66. The Kier molecular flexibility index (Phi) is 5.11. The largest absolute Gasteiger partial charge is 0.496 e. The lowest BCUT2D eigenvalue weighted by molar-refractivity contribution is 0.409. The van der Waals surface area contributed by atoms with Crippen molar-refractivity contribution in [3.63, 3.8) is 0 Å². The number of guanidine groups is 1. The summed E-state index contributed by atoms with van der Waals surface area (Å²) in [5, 5.41) is 6.13. The molecule has 1 aromatic carbocycles. The van der Waals surface area contributed by atoms with Gasteiger partial charge in [-0.1, -0.05) is 22.0 Å². The zero-order chi connectivity index (χ0) is 12.0. The normalized spacial score (nSPS) is 11.1. The van der Waals surface area contributed by atoms with Crippen LogP contribution in [0.4, 0.5) is 0 Å². The molecule has 0 spiro atoms. The Hall–Kier alpha value is -1.23. The minimum absolute atomic E-state index is 0.671. The topological polar surface area (TPSA) is 45.7 Å². The van der Waals surface area contributed by atoms with Gasteiger partial charge < -0.3 is 15.4 Å². The predicted molar refractivity (Wildman–Crippen MR) is 70.0 cm³/mol. The summed E-state index contributed by atoms with van der Waals surface area (Å²) in [5.41, 5.74) is 1.09. The van der Waals surface area contributed by atoms with Gasteiger partial charge in [0.2, 0.25) is 0 Å². The third kappa shape index (κ3) is 3.41. The molecule has 5 heteroatoms. The highest BCUT2D eigenvalue weighted by Crippen LogP contribution is 2.23. The van der Waals surface area contributed by atoms with E-state index in [0.717, 1.165) is 21.7 Å². The van der Waals surface area contributed by atoms with Gasteiger partial charge in [0.1, 0.15) is 5.75 Å². The molecule has 0 radical (unpaired) electrons. The third-order valence-corrected chi connectivity index (χ3v) is 2.65. The summed E-state index contributed by atoms with van der Waals surface area (Å²) in [6.45, 7) is 0.671. The number of hydrogen-bond donors (Lipinski definition) is 2. The van der Waals surface area contributed by atoms with E-state index >= 15 is 0 Å². The van der Waals surface area contributed by atoms with Gasteiger partial charge in [-0.25, -0.2) is 0 Å². The second-order valence-electron chi connectivity index (χ2n) is 3.13. The maximum Gasteiger partial charge on any atom is 0.190 e. The molecule has 0 aromatic heterocycles. The molecule has 0 unspecified atom stereocenters. The van der Waals surface area contributed by atoms with Gasteiger partial charge in [0.05, 0.1) is 7.11 Å². The predicted octanol–water partition coefficient (Wildman–Crippen LogP) is 1.75. The molecule has 0 saturated heterocycles.